The molecular weight excluding hydrogens is 230 g/mol. The minimum atomic E-state index is -0.251. The van der Waals surface area contributed by atoms with Crippen molar-refractivity contribution in [3.8, 4) is 0 Å². The number of hydrogen-bond donors (Lipinski definition) is 2. The number of nitrogens with zero attached hydrogens (tertiary/aromatic N) is 3. The van der Waals surface area contributed by atoms with Gasteiger partial charge in [0.2, 0.25) is 0 Å². The number of carbonyl (C=O) groups excluding carboxylic acids is 1. The molecule has 0 radical (unpaired) electrons. The van der Waals surface area contributed by atoms with Gasteiger partial charge in [-0.25, -0.2) is 4.98 Å². The number of nitrogens with two attached hydrogens (primary N) is 1. The Labute approximate surface area is 105 Å². The number of amides is 1. The van der Waals surface area contributed by atoms with Crippen molar-refractivity contribution >= 4 is 11.7 Å². The highest BCUT2D eigenvalue weighted by atomic mass is 16.1. The molecule has 0 aromatic carbocycles. The molecule has 1 atom stereocenters. The molecule has 0 aliphatic rings. The molecule has 0 spiro atoms. The molecule has 2 aromatic rings. The fourth-order valence-corrected chi connectivity index (χ4v) is 1.60. The van der Waals surface area contributed by atoms with E-state index in [0.717, 1.165) is 5.56 Å². The maximum atomic E-state index is 11.9. The normalized spacial score (nSPS) is 12.1. The summed E-state index contributed by atoms with van der Waals surface area (Å²) < 4.78 is 1.69. The highest BCUT2D eigenvalue weighted by Crippen LogP contribution is 2.11. The van der Waals surface area contributed by atoms with E-state index in [1.807, 2.05) is 20.2 Å². The first-order valence-electron chi connectivity index (χ1n) is 5.58. The van der Waals surface area contributed by atoms with E-state index in [4.69, 9.17) is 5.73 Å². The summed E-state index contributed by atoms with van der Waals surface area (Å²) in [5.74, 6) is 0.0790. The van der Waals surface area contributed by atoms with Crippen LogP contribution in [0.5, 0.6) is 0 Å². The van der Waals surface area contributed by atoms with Gasteiger partial charge in [0.05, 0.1) is 12.2 Å². The Morgan fingerprint density at radius 1 is 1.50 bits per heavy atom. The van der Waals surface area contributed by atoms with Crippen LogP contribution in [-0.4, -0.2) is 20.7 Å². The number of hydrogen-bond acceptors (Lipinski definition) is 4. The first-order valence-corrected chi connectivity index (χ1v) is 5.58. The Bertz CT molecular complexity index is 563. The SMILES string of the molecule is C[C@@H](NC(=O)c1cccc(N)n1)c1cnn(C)c1. The number of anilines is 1. The lowest BCUT2D eigenvalue weighted by molar-refractivity contribution is 0.0935. The van der Waals surface area contributed by atoms with Gasteiger partial charge >= 0.3 is 0 Å². The molecule has 2 heterocycles. The number of carbonyl (C=O) groups is 1. The van der Waals surface area contributed by atoms with Crippen molar-refractivity contribution < 1.29 is 4.79 Å². The molecule has 0 saturated carbocycles. The highest BCUT2D eigenvalue weighted by molar-refractivity contribution is 5.92. The van der Waals surface area contributed by atoms with E-state index in [9.17, 15) is 4.79 Å². The van der Waals surface area contributed by atoms with Crippen LogP contribution < -0.4 is 11.1 Å². The maximum absolute atomic E-state index is 11.9. The lowest BCUT2D eigenvalue weighted by Crippen LogP contribution is -2.27. The van der Waals surface area contributed by atoms with Gasteiger partial charge in [-0.3, -0.25) is 9.48 Å². The molecule has 2 aromatic heterocycles. The lowest BCUT2D eigenvalue weighted by Gasteiger charge is -2.11. The average Bonchev–Trinajstić information content (AvgIpc) is 2.76. The molecule has 18 heavy (non-hydrogen) atoms. The van der Waals surface area contributed by atoms with E-state index in [0.29, 0.717) is 11.5 Å². The number of nitrogen functional groups attached to an aromatic ring is 1. The monoisotopic (exact) mass is 245 g/mol. The van der Waals surface area contributed by atoms with Crippen LogP contribution in [0.15, 0.2) is 30.6 Å². The van der Waals surface area contributed by atoms with E-state index in [1.54, 1.807) is 29.1 Å². The van der Waals surface area contributed by atoms with Crippen LogP contribution in [0.4, 0.5) is 5.82 Å². The van der Waals surface area contributed by atoms with Gasteiger partial charge in [-0.05, 0) is 19.1 Å². The molecule has 0 saturated heterocycles. The first-order chi connectivity index (χ1) is 8.56. The Morgan fingerprint density at radius 3 is 2.89 bits per heavy atom. The molecule has 2 rings (SSSR count). The minimum absolute atomic E-state index is 0.130. The third-order valence-corrected chi connectivity index (χ3v) is 2.58. The van der Waals surface area contributed by atoms with Crippen molar-refractivity contribution in [1.29, 1.82) is 0 Å². The van der Waals surface area contributed by atoms with Gasteiger partial charge in [0.1, 0.15) is 11.5 Å². The Morgan fingerprint density at radius 2 is 2.28 bits per heavy atom. The van der Waals surface area contributed by atoms with Gasteiger partial charge < -0.3 is 11.1 Å². The summed E-state index contributed by atoms with van der Waals surface area (Å²) in [6, 6.07) is 4.84. The molecule has 0 aliphatic carbocycles. The second-order valence-corrected chi connectivity index (χ2v) is 4.09. The third kappa shape index (κ3) is 2.65. The molecule has 6 nitrogen and oxygen atoms in total. The van der Waals surface area contributed by atoms with Crippen LogP contribution in [0.3, 0.4) is 0 Å². The van der Waals surface area contributed by atoms with Gasteiger partial charge in [0, 0.05) is 18.8 Å². The molecule has 94 valence electrons. The zero-order valence-electron chi connectivity index (χ0n) is 10.3. The van der Waals surface area contributed by atoms with E-state index < -0.39 is 0 Å². The summed E-state index contributed by atoms with van der Waals surface area (Å²) in [6.45, 7) is 1.89. The topological polar surface area (TPSA) is 85.8 Å². The standard InChI is InChI=1S/C12H15N5O/c1-8(9-6-14-17(2)7-9)15-12(18)10-4-3-5-11(13)16-10/h3-8H,1-2H3,(H2,13,16)(H,15,18)/t8-/m1/s1. The van der Waals surface area contributed by atoms with Crippen LogP contribution in [-0.2, 0) is 7.05 Å². The third-order valence-electron chi connectivity index (χ3n) is 2.58. The van der Waals surface area contributed by atoms with Gasteiger partial charge in [0.25, 0.3) is 5.91 Å². The van der Waals surface area contributed by atoms with Crippen LogP contribution in [0, 0.1) is 0 Å². The van der Waals surface area contributed by atoms with Crippen LogP contribution in [0.1, 0.15) is 29.0 Å². The fourth-order valence-electron chi connectivity index (χ4n) is 1.60. The van der Waals surface area contributed by atoms with Crippen LogP contribution in [0.2, 0.25) is 0 Å². The summed E-state index contributed by atoms with van der Waals surface area (Å²) in [5.41, 5.74) is 6.79. The summed E-state index contributed by atoms with van der Waals surface area (Å²) >= 11 is 0. The van der Waals surface area contributed by atoms with E-state index in [1.165, 1.54) is 0 Å². The van der Waals surface area contributed by atoms with Crippen molar-refractivity contribution in [2.24, 2.45) is 7.05 Å². The number of rotatable bonds is 3. The van der Waals surface area contributed by atoms with Gasteiger partial charge in [-0.15, -0.1) is 0 Å². The largest absolute Gasteiger partial charge is 0.384 e. The minimum Gasteiger partial charge on any atom is -0.384 e. The molecule has 1 amide bonds. The predicted octanol–water partition coefficient (Wildman–Crippen LogP) is 0.888. The molecule has 3 N–H and O–H groups in total. The summed E-state index contributed by atoms with van der Waals surface area (Å²) in [7, 11) is 1.83. The van der Waals surface area contributed by atoms with E-state index in [-0.39, 0.29) is 11.9 Å². The smallest absolute Gasteiger partial charge is 0.270 e. The number of nitrogens with one attached hydrogen (secondary N) is 1. The van der Waals surface area contributed by atoms with Crippen molar-refractivity contribution in [1.82, 2.24) is 20.1 Å². The van der Waals surface area contributed by atoms with E-state index in [2.05, 4.69) is 15.4 Å². The van der Waals surface area contributed by atoms with Crippen molar-refractivity contribution in [2.45, 2.75) is 13.0 Å². The lowest BCUT2D eigenvalue weighted by atomic mass is 10.2. The summed E-state index contributed by atoms with van der Waals surface area (Å²) in [5, 5.41) is 6.90. The predicted molar refractivity (Wildman–Crippen MR) is 67.7 cm³/mol. The summed E-state index contributed by atoms with van der Waals surface area (Å²) in [6.07, 6.45) is 3.58. The molecule has 0 fully saturated rings. The van der Waals surface area contributed by atoms with E-state index >= 15 is 0 Å². The Hall–Kier alpha value is -2.37. The Kier molecular flexibility index (Phi) is 3.27. The molecular formula is C12H15N5O. The zero-order chi connectivity index (χ0) is 13.1. The van der Waals surface area contributed by atoms with Crippen LogP contribution >= 0.6 is 0 Å². The molecule has 6 heteroatoms. The fraction of sp³-hybridized carbons (Fsp3) is 0.250. The van der Waals surface area contributed by atoms with Crippen molar-refractivity contribution in [3.05, 3.63) is 41.9 Å². The number of pyridine rings is 1. The quantitative estimate of drug-likeness (QED) is 0.840. The Balaban J connectivity index is 2.08. The maximum Gasteiger partial charge on any atom is 0.270 e. The summed E-state index contributed by atoms with van der Waals surface area (Å²) in [4.78, 5) is 15.9. The highest BCUT2D eigenvalue weighted by Gasteiger charge is 2.13. The molecule has 0 unspecified atom stereocenters. The van der Waals surface area contributed by atoms with Crippen LogP contribution in [0.25, 0.3) is 0 Å². The molecule has 0 aliphatic heterocycles. The first kappa shape index (κ1) is 12.1. The van der Waals surface area contributed by atoms with Gasteiger partial charge in [-0.1, -0.05) is 6.07 Å². The van der Waals surface area contributed by atoms with Gasteiger partial charge in [0.15, 0.2) is 0 Å². The average molecular weight is 245 g/mol. The van der Waals surface area contributed by atoms with Crippen molar-refractivity contribution in [2.75, 3.05) is 5.73 Å². The second-order valence-electron chi connectivity index (χ2n) is 4.09. The van der Waals surface area contributed by atoms with Gasteiger partial charge in [-0.2, -0.15) is 5.10 Å². The second kappa shape index (κ2) is 4.87. The zero-order valence-corrected chi connectivity index (χ0v) is 10.3. The molecule has 0 bridgehead atoms. The van der Waals surface area contributed by atoms with Crippen molar-refractivity contribution in [3.63, 3.8) is 0 Å². The number of aryl methyl sites for hydroxylation is 1. The number of aromatic nitrogens is 3.